The van der Waals surface area contributed by atoms with Gasteiger partial charge in [-0.05, 0) is 54.4 Å². The van der Waals surface area contributed by atoms with Crippen LogP contribution < -0.4 is 9.64 Å². The molecule has 2 heterocycles. The molecule has 2 aromatic carbocycles. The summed E-state index contributed by atoms with van der Waals surface area (Å²) < 4.78 is 5.26. The Morgan fingerprint density at radius 2 is 1.87 bits per heavy atom. The molecule has 1 saturated heterocycles. The predicted molar refractivity (Wildman–Crippen MR) is 115 cm³/mol. The highest BCUT2D eigenvalue weighted by Crippen LogP contribution is 2.44. The van der Waals surface area contributed by atoms with Gasteiger partial charge in [-0.1, -0.05) is 18.2 Å². The van der Waals surface area contributed by atoms with Gasteiger partial charge in [0.1, 0.15) is 17.3 Å². The Labute approximate surface area is 178 Å². The van der Waals surface area contributed by atoms with Crippen molar-refractivity contribution in [1.29, 1.82) is 0 Å². The SMILES string of the molecule is COc1ccc(/C(O)=C2/C(=O)C(=O)N(c3ccccc3O)C2c2cccnc2)cc1C. The smallest absolute Gasteiger partial charge is 0.300 e. The number of aromatic nitrogens is 1. The Bertz CT molecular complexity index is 1200. The number of amides is 1. The number of aliphatic hydroxyl groups is 1. The number of hydrogen-bond acceptors (Lipinski definition) is 6. The lowest BCUT2D eigenvalue weighted by atomic mass is 9.95. The van der Waals surface area contributed by atoms with E-state index in [1.54, 1.807) is 61.8 Å². The Morgan fingerprint density at radius 1 is 1.10 bits per heavy atom. The van der Waals surface area contributed by atoms with E-state index in [9.17, 15) is 19.8 Å². The Hall–Kier alpha value is -4.13. The maximum absolute atomic E-state index is 13.1. The second-order valence-corrected chi connectivity index (χ2v) is 7.13. The van der Waals surface area contributed by atoms with E-state index in [0.29, 0.717) is 16.9 Å². The van der Waals surface area contributed by atoms with E-state index in [4.69, 9.17) is 4.74 Å². The number of methoxy groups -OCH3 is 1. The van der Waals surface area contributed by atoms with Gasteiger partial charge in [0.25, 0.3) is 11.7 Å². The molecule has 0 saturated carbocycles. The number of pyridine rings is 1. The summed E-state index contributed by atoms with van der Waals surface area (Å²) in [6.07, 6.45) is 3.10. The molecule has 1 amide bonds. The number of Topliss-reactive ketones (excluding diaryl/α,β-unsaturated/α-hetero) is 1. The van der Waals surface area contributed by atoms with Crippen LogP contribution in [0.1, 0.15) is 22.7 Å². The van der Waals surface area contributed by atoms with Crippen molar-refractivity contribution in [1.82, 2.24) is 4.98 Å². The number of aromatic hydroxyl groups is 1. The summed E-state index contributed by atoms with van der Waals surface area (Å²) in [4.78, 5) is 31.4. The molecule has 156 valence electrons. The zero-order chi connectivity index (χ0) is 22.1. The Morgan fingerprint density at radius 3 is 2.52 bits per heavy atom. The van der Waals surface area contributed by atoms with Crippen molar-refractivity contribution < 1.29 is 24.5 Å². The molecule has 1 aliphatic rings. The number of aryl methyl sites for hydroxylation is 1. The molecule has 1 fully saturated rings. The van der Waals surface area contributed by atoms with Gasteiger partial charge in [-0.3, -0.25) is 19.5 Å². The quantitative estimate of drug-likeness (QED) is 0.382. The molecule has 2 N–H and O–H groups in total. The number of phenols is 1. The van der Waals surface area contributed by atoms with Crippen molar-refractivity contribution in [3.8, 4) is 11.5 Å². The number of nitrogens with zero attached hydrogens (tertiary/aromatic N) is 2. The van der Waals surface area contributed by atoms with Gasteiger partial charge in [0, 0.05) is 18.0 Å². The van der Waals surface area contributed by atoms with Gasteiger partial charge in [0.05, 0.1) is 24.4 Å². The lowest BCUT2D eigenvalue weighted by Crippen LogP contribution is -2.29. The number of ketones is 1. The molecule has 1 aliphatic heterocycles. The molecule has 4 rings (SSSR count). The van der Waals surface area contributed by atoms with Crippen LogP contribution in [0.5, 0.6) is 11.5 Å². The first-order valence-corrected chi connectivity index (χ1v) is 9.58. The zero-order valence-corrected chi connectivity index (χ0v) is 16.9. The predicted octanol–water partition coefficient (Wildman–Crippen LogP) is 3.73. The van der Waals surface area contributed by atoms with Crippen molar-refractivity contribution in [2.24, 2.45) is 0 Å². The molecule has 0 aliphatic carbocycles. The molecular weight excluding hydrogens is 396 g/mol. The summed E-state index contributed by atoms with van der Waals surface area (Å²) in [6, 6.07) is 13.7. The first kappa shape index (κ1) is 20.2. The van der Waals surface area contributed by atoms with Crippen LogP contribution in [0.4, 0.5) is 5.69 Å². The zero-order valence-electron chi connectivity index (χ0n) is 16.9. The first-order valence-electron chi connectivity index (χ1n) is 9.58. The number of aliphatic hydroxyl groups excluding tert-OH is 1. The second kappa shape index (κ2) is 7.95. The Kier molecular flexibility index (Phi) is 5.17. The number of anilines is 1. The van der Waals surface area contributed by atoms with Gasteiger partial charge in [-0.25, -0.2) is 0 Å². The van der Waals surface area contributed by atoms with Gasteiger partial charge in [-0.15, -0.1) is 0 Å². The number of rotatable bonds is 4. The molecule has 0 bridgehead atoms. The maximum Gasteiger partial charge on any atom is 0.300 e. The second-order valence-electron chi connectivity index (χ2n) is 7.13. The number of carbonyl (C=O) groups excluding carboxylic acids is 2. The molecule has 1 aromatic heterocycles. The minimum Gasteiger partial charge on any atom is -0.507 e. The van der Waals surface area contributed by atoms with Crippen molar-refractivity contribution in [3.05, 3.63) is 89.3 Å². The average molecular weight is 416 g/mol. The summed E-state index contributed by atoms with van der Waals surface area (Å²) in [5.41, 5.74) is 1.76. The van der Waals surface area contributed by atoms with Gasteiger partial charge < -0.3 is 14.9 Å². The average Bonchev–Trinajstić information content (AvgIpc) is 3.04. The summed E-state index contributed by atoms with van der Waals surface area (Å²) in [6.45, 7) is 1.81. The van der Waals surface area contributed by atoms with Gasteiger partial charge >= 0.3 is 0 Å². The van der Waals surface area contributed by atoms with E-state index in [0.717, 1.165) is 5.56 Å². The molecule has 1 unspecified atom stereocenters. The summed E-state index contributed by atoms with van der Waals surface area (Å²) in [5.74, 6) is -1.52. The van der Waals surface area contributed by atoms with Crippen molar-refractivity contribution in [2.45, 2.75) is 13.0 Å². The molecule has 0 spiro atoms. The standard InChI is InChI=1S/C24H20N2O5/c1-14-12-15(9-10-19(14)31-2)22(28)20-21(16-6-5-11-25-13-16)26(24(30)23(20)29)17-7-3-4-8-18(17)27/h3-13,21,27-28H,1-2H3/b22-20-. The van der Waals surface area contributed by atoms with E-state index in [1.807, 2.05) is 6.92 Å². The summed E-state index contributed by atoms with van der Waals surface area (Å²) in [5, 5.41) is 21.5. The minimum absolute atomic E-state index is 0.0779. The number of carbonyl (C=O) groups is 2. The number of phenolic OH excluding ortho intramolecular Hbond substituents is 1. The minimum atomic E-state index is -0.954. The first-order chi connectivity index (χ1) is 14.9. The van der Waals surface area contributed by atoms with Crippen molar-refractivity contribution in [3.63, 3.8) is 0 Å². The summed E-state index contributed by atoms with van der Waals surface area (Å²) >= 11 is 0. The maximum atomic E-state index is 13.1. The van der Waals surface area contributed by atoms with Crippen LogP contribution in [-0.2, 0) is 9.59 Å². The van der Waals surface area contributed by atoms with Crippen LogP contribution in [0.15, 0.2) is 72.6 Å². The highest BCUT2D eigenvalue weighted by molar-refractivity contribution is 6.51. The van der Waals surface area contributed by atoms with Gasteiger partial charge in [0.2, 0.25) is 0 Å². The van der Waals surface area contributed by atoms with Crippen LogP contribution in [0.25, 0.3) is 5.76 Å². The molecular formula is C24H20N2O5. The van der Waals surface area contributed by atoms with Crippen LogP contribution in [-0.4, -0.2) is 34.0 Å². The fraction of sp³-hybridized carbons (Fsp3) is 0.125. The van der Waals surface area contributed by atoms with E-state index < -0.39 is 17.7 Å². The third-order valence-corrected chi connectivity index (χ3v) is 5.25. The van der Waals surface area contributed by atoms with E-state index >= 15 is 0 Å². The van der Waals surface area contributed by atoms with Gasteiger partial charge in [-0.2, -0.15) is 0 Å². The van der Waals surface area contributed by atoms with Crippen LogP contribution in [0.2, 0.25) is 0 Å². The lowest BCUT2D eigenvalue weighted by Gasteiger charge is -2.25. The highest BCUT2D eigenvalue weighted by atomic mass is 16.5. The van der Waals surface area contributed by atoms with E-state index in [-0.39, 0.29) is 22.8 Å². The largest absolute Gasteiger partial charge is 0.507 e. The number of hydrogen-bond donors (Lipinski definition) is 2. The lowest BCUT2D eigenvalue weighted by molar-refractivity contribution is -0.132. The fourth-order valence-electron chi connectivity index (χ4n) is 3.78. The molecule has 3 aromatic rings. The number of benzene rings is 2. The summed E-state index contributed by atoms with van der Waals surface area (Å²) in [7, 11) is 1.54. The molecule has 0 radical (unpaired) electrons. The molecule has 7 nitrogen and oxygen atoms in total. The topological polar surface area (TPSA) is 100.0 Å². The van der Waals surface area contributed by atoms with E-state index in [1.165, 1.54) is 17.2 Å². The van der Waals surface area contributed by atoms with Crippen molar-refractivity contribution in [2.75, 3.05) is 12.0 Å². The molecule has 1 atom stereocenters. The van der Waals surface area contributed by atoms with Crippen LogP contribution >= 0.6 is 0 Å². The van der Waals surface area contributed by atoms with Crippen LogP contribution in [0, 0.1) is 6.92 Å². The molecule has 7 heteroatoms. The van der Waals surface area contributed by atoms with Gasteiger partial charge in [0.15, 0.2) is 0 Å². The normalized spacial score (nSPS) is 17.7. The fourth-order valence-corrected chi connectivity index (χ4v) is 3.78. The monoisotopic (exact) mass is 416 g/mol. The third-order valence-electron chi connectivity index (χ3n) is 5.25. The Balaban J connectivity index is 1.95. The van der Waals surface area contributed by atoms with Crippen LogP contribution in [0.3, 0.4) is 0 Å². The third kappa shape index (κ3) is 3.40. The highest BCUT2D eigenvalue weighted by Gasteiger charge is 2.47. The number of para-hydroxylation sites is 2. The van der Waals surface area contributed by atoms with Crippen molar-refractivity contribution >= 4 is 23.1 Å². The number of ether oxygens (including phenoxy) is 1. The molecule has 31 heavy (non-hydrogen) atoms. The van der Waals surface area contributed by atoms with E-state index in [2.05, 4.69) is 4.98 Å².